The normalized spacial score (nSPS) is 10.5. The van der Waals surface area contributed by atoms with Crippen molar-refractivity contribution < 1.29 is 4.79 Å². The summed E-state index contributed by atoms with van der Waals surface area (Å²) in [6, 6.07) is 1.57. The van der Waals surface area contributed by atoms with Gasteiger partial charge in [-0.05, 0) is 11.3 Å². The number of primary amides is 1. The summed E-state index contributed by atoms with van der Waals surface area (Å²) in [6.07, 6.45) is 1.43. The maximum atomic E-state index is 10.9. The number of hydrogen-bond acceptors (Lipinski definition) is 5. The van der Waals surface area contributed by atoms with E-state index in [0.717, 1.165) is 4.63 Å². The highest BCUT2D eigenvalue weighted by Crippen LogP contribution is 2.14. The van der Waals surface area contributed by atoms with Crippen LogP contribution in [0.4, 0.5) is 5.82 Å². The van der Waals surface area contributed by atoms with E-state index in [1.54, 1.807) is 6.07 Å². The third-order valence-corrected chi connectivity index (χ3v) is 1.61. The molecule has 0 aliphatic carbocycles. The molecule has 0 aromatic carbocycles. The number of anilines is 1. The molecule has 2 rings (SSSR count). The minimum absolute atomic E-state index is 0.0630. The van der Waals surface area contributed by atoms with Crippen LogP contribution >= 0.6 is 0 Å². The van der Waals surface area contributed by atoms with Crippen molar-refractivity contribution in [3.05, 3.63) is 17.8 Å². The van der Waals surface area contributed by atoms with Crippen LogP contribution in [0.5, 0.6) is 0 Å². The molecule has 0 atom stereocenters. The van der Waals surface area contributed by atoms with Gasteiger partial charge in [-0.2, -0.15) is 0 Å². The smallest absolute Gasteiger partial charge is 0.254 e. The fraction of sp³-hybridized carbons (Fsp3) is 0. The van der Waals surface area contributed by atoms with Crippen molar-refractivity contribution in [1.29, 1.82) is 0 Å². The maximum absolute atomic E-state index is 10.9. The summed E-state index contributed by atoms with van der Waals surface area (Å²) in [7, 11) is 0. The standard InChI is InChI=1S/C6H6N6O/c7-5-4(6(8)13)3-1-2-9-11-12(3)10-5/h1-2H,(H2,7,10)(H2,8,13). The molecule has 66 valence electrons. The molecule has 0 aliphatic rings. The van der Waals surface area contributed by atoms with Gasteiger partial charge in [0.05, 0.1) is 6.20 Å². The Morgan fingerprint density at radius 3 is 3.00 bits per heavy atom. The summed E-state index contributed by atoms with van der Waals surface area (Å²) in [4.78, 5) is 10.9. The molecule has 13 heavy (non-hydrogen) atoms. The molecular formula is C6H6N6O. The number of nitrogen functional groups attached to an aromatic ring is 1. The summed E-state index contributed by atoms with van der Waals surface area (Å²) in [5.41, 5.74) is 11.2. The van der Waals surface area contributed by atoms with Crippen LogP contribution in [-0.4, -0.2) is 25.9 Å². The van der Waals surface area contributed by atoms with Crippen LogP contribution in [0.15, 0.2) is 12.3 Å². The summed E-state index contributed by atoms with van der Waals surface area (Å²) in [5.74, 6) is -0.562. The van der Waals surface area contributed by atoms with Gasteiger partial charge in [0.2, 0.25) is 0 Å². The Morgan fingerprint density at radius 2 is 2.31 bits per heavy atom. The van der Waals surface area contributed by atoms with E-state index in [-0.39, 0.29) is 11.4 Å². The first-order valence-corrected chi connectivity index (χ1v) is 3.46. The lowest BCUT2D eigenvalue weighted by Crippen LogP contribution is -2.12. The first kappa shape index (κ1) is 7.47. The summed E-state index contributed by atoms with van der Waals surface area (Å²) < 4.78 is 1.16. The molecule has 2 aromatic heterocycles. The number of aromatic nitrogens is 4. The molecule has 0 saturated carbocycles. The molecule has 7 heteroatoms. The minimum Gasteiger partial charge on any atom is -0.381 e. The Bertz CT molecular complexity index is 475. The number of nitrogens with two attached hydrogens (primary N) is 2. The van der Waals surface area contributed by atoms with Crippen molar-refractivity contribution in [3.63, 3.8) is 0 Å². The molecule has 0 bridgehead atoms. The molecule has 7 nitrogen and oxygen atoms in total. The van der Waals surface area contributed by atoms with Crippen molar-refractivity contribution in [1.82, 2.24) is 20.0 Å². The first-order chi connectivity index (χ1) is 6.20. The van der Waals surface area contributed by atoms with Gasteiger partial charge >= 0.3 is 0 Å². The molecule has 0 unspecified atom stereocenters. The third-order valence-electron chi connectivity index (χ3n) is 1.61. The van der Waals surface area contributed by atoms with Crippen molar-refractivity contribution in [2.24, 2.45) is 5.73 Å². The van der Waals surface area contributed by atoms with E-state index in [1.165, 1.54) is 6.20 Å². The second-order valence-corrected chi connectivity index (χ2v) is 2.42. The lowest BCUT2D eigenvalue weighted by atomic mass is 10.2. The average Bonchev–Trinajstić information content (AvgIpc) is 2.39. The monoisotopic (exact) mass is 178 g/mol. The number of carbonyl (C=O) groups excluding carboxylic acids is 1. The average molecular weight is 178 g/mol. The van der Waals surface area contributed by atoms with Crippen LogP contribution in [0.25, 0.3) is 5.52 Å². The second kappa shape index (κ2) is 2.41. The lowest BCUT2D eigenvalue weighted by Gasteiger charge is -1.90. The van der Waals surface area contributed by atoms with Crippen molar-refractivity contribution >= 4 is 17.2 Å². The van der Waals surface area contributed by atoms with Gasteiger partial charge in [0.1, 0.15) is 11.1 Å². The number of amides is 1. The zero-order valence-corrected chi connectivity index (χ0v) is 6.51. The van der Waals surface area contributed by atoms with Crippen molar-refractivity contribution in [2.45, 2.75) is 0 Å². The second-order valence-electron chi connectivity index (χ2n) is 2.42. The number of hydrogen-bond donors (Lipinski definition) is 2. The van der Waals surface area contributed by atoms with Crippen molar-refractivity contribution in [3.8, 4) is 0 Å². The minimum atomic E-state index is -0.625. The topological polar surface area (TPSA) is 112 Å². The molecule has 2 aromatic rings. The molecule has 0 radical (unpaired) electrons. The fourth-order valence-corrected chi connectivity index (χ4v) is 1.09. The van der Waals surface area contributed by atoms with E-state index in [4.69, 9.17) is 11.5 Å². The number of nitrogens with zero attached hydrogens (tertiary/aromatic N) is 4. The lowest BCUT2D eigenvalue weighted by molar-refractivity contribution is 0.100. The van der Waals surface area contributed by atoms with Gasteiger partial charge < -0.3 is 11.5 Å². The van der Waals surface area contributed by atoms with Gasteiger partial charge in [-0.15, -0.1) is 14.8 Å². The van der Waals surface area contributed by atoms with Crippen LogP contribution in [-0.2, 0) is 0 Å². The van der Waals surface area contributed by atoms with E-state index in [1.807, 2.05) is 0 Å². The van der Waals surface area contributed by atoms with Crippen molar-refractivity contribution in [2.75, 3.05) is 5.73 Å². The van der Waals surface area contributed by atoms with Gasteiger partial charge in [0.15, 0.2) is 5.82 Å². The molecule has 2 heterocycles. The Morgan fingerprint density at radius 1 is 1.54 bits per heavy atom. The number of carbonyl (C=O) groups is 1. The summed E-state index contributed by atoms with van der Waals surface area (Å²) in [6.45, 7) is 0. The van der Waals surface area contributed by atoms with Crippen LogP contribution in [0, 0.1) is 0 Å². The largest absolute Gasteiger partial charge is 0.381 e. The third kappa shape index (κ3) is 0.975. The van der Waals surface area contributed by atoms with E-state index in [0.29, 0.717) is 5.52 Å². The molecule has 0 saturated heterocycles. The molecule has 4 N–H and O–H groups in total. The number of rotatable bonds is 1. The SMILES string of the molecule is NC(=O)c1c(N)nn2nnccc12. The van der Waals surface area contributed by atoms with Gasteiger partial charge in [0.25, 0.3) is 5.91 Å². The van der Waals surface area contributed by atoms with Crippen LogP contribution in [0.1, 0.15) is 10.4 Å². The van der Waals surface area contributed by atoms with Gasteiger partial charge in [-0.1, -0.05) is 0 Å². The quantitative estimate of drug-likeness (QED) is 0.569. The zero-order valence-electron chi connectivity index (χ0n) is 6.51. The summed E-state index contributed by atoms with van der Waals surface area (Å²) in [5, 5.41) is 10.9. The molecular weight excluding hydrogens is 172 g/mol. The van der Waals surface area contributed by atoms with Gasteiger partial charge in [0, 0.05) is 0 Å². The van der Waals surface area contributed by atoms with E-state index in [2.05, 4.69) is 15.4 Å². The predicted molar refractivity (Wildman–Crippen MR) is 43.7 cm³/mol. The van der Waals surface area contributed by atoms with Crippen LogP contribution in [0.2, 0.25) is 0 Å². The van der Waals surface area contributed by atoms with Crippen LogP contribution < -0.4 is 11.5 Å². The Kier molecular flexibility index (Phi) is 1.38. The predicted octanol–water partition coefficient (Wildman–Crippen LogP) is -1.19. The number of fused-ring (bicyclic) bond motifs is 1. The Labute approximate surface area is 72.3 Å². The maximum Gasteiger partial charge on any atom is 0.254 e. The molecule has 0 spiro atoms. The molecule has 1 amide bonds. The van der Waals surface area contributed by atoms with Crippen LogP contribution in [0.3, 0.4) is 0 Å². The fourth-order valence-electron chi connectivity index (χ4n) is 1.09. The van der Waals surface area contributed by atoms with E-state index >= 15 is 0 Å². The van der Waals surface area contributed by atoms with E-state index in [9.17, 15) is 4.79 Å². The Hall–Kier alpha value is -2.18. The first-order valence-electron chi connectivity index (χ1n) is 3.46. The summed E-state index contributed by atoms with van der Waals surface area (Å²) >= 11 is 0. The molecule has 0 fully saturated rings. The van der Waals surface area contributed by atoms with Gasteiger partial charge in [-0.3, -0.25) is 4.79 Å². The highest BCUT2D eigenvalue weighted by molar-refractivity contribution is 6.03. The Balaban J connectivity index is 2.86. The highest BCUT2D eigenvalue weighted by Gasteiger charge is 2.15. The van der Waals surface area contributed by atoms with Gasteiger partial charge in [-0.25, -0.2) is 0 Å². The van der Waals surface area contributed by atoms with E-state index < -0.39 is 5.91 Å². The highest BCUT2D eigenvalue weighted by atomic mass is 16.1. The zero-order chi connectivity index (χ0) is 9.42. The molecule has 0 aliphatic heterocycles.